The van der Waals surface area contributed by atoms with E-state index in [1.165, 1.54) is 67.0 Å². The highest BCUT2D eigenvalue weighted by molar-refractivity contribution is 7.93. The SMILES string of the molecule is CN(c1ccc(F)cc1)S(=O)(=O)c1csc(C(=O)Nc2ccc(O)cc2)c1. The van der Waals surface area contributed by atoms with Crippen LogP contribution >= 0.6 is 11.3 Å². The summed E-state index contributed by atoms with van der Waals surface area (Å²) in [5.74, 6) is -0.855. The lowest BCUT2D eigenvalue weighted by Crippen LogP contribution is -2.26. The van der Waals surface area contributed by atoms with Crippen molar-refractivity contribution in [2.45, 2.75) is 4.90 Å². The third-order valence-corrected chi connectivity index (χ3v) is 6.61. The van der Waals surface area contributed by atoms with Crippen LogP contribution in [-0.4, -0.2) is 26.5 Å². The number of benzene rings is 2. The Hall–Kier alpha value is -2.91. The molecule has 0 fully saturated rings. The van der Waals surface area contributed by atoms with E-state index in [4.69, 9.17) is 0 Å². The second-order valence-electron chi connectivity index (χ2n) is 5.60. The maximum absolute atomic E-state index is 13.0. The third-order valence-electron chi connectivity index (χ3n) is 3.77. The van der Waals surface area contributed by atoms with Gasteiger partial charge in [0.05, 0.1) is 15.5 Å². The van der Waals surface area contributed by atoms with Gasteiger partial charge in [-0.2, -0.15) is 0 Å². The van der Waals surface area contributed by atoms with Gasteiger partial charge < -0.3 is 10.4 Å². The molecule has 0 aliphatic rings. The van der Waals surface area contributed by atoms with Crippen molar-refractivity contribution in [3.63, 3.8) is 0 Å². The van der Waals surface area contributed by atoms with Crippen molar-refractivity contribution in [1.82, 2.24) is 0 Å². The first-order chi connectivity index (χ1) is 12.8. The zero-order chi connectivity index (χ0) is 19.6. The molecule has 1 aromatic heterocycles. The number of hydrogen-bond acceptors (Lipinski definition) is 5. The summed E-state index contributed by atoms with van der Waals surface area (Å²) in [6.07, 6.45) is 0. The third kappa shape index (κ3) is 4.09. The van der Waals surface area contributed by atoms with Gasteiger partial charge in [-0.25, -0.2) is 12.8 Å². The second kappa shape index (κ2) is 7.37. The number of rotatable bonds is 5. The van der Waals surface area contributed by atoms with Gasteiger partial charge in [0.2, 0.25) is 0 Å². The van der Waals surface area contributed by atoms with Crippen LogP contribution in [0.3, 0.4) is 0 Å². The first kappa shape index (κ1) is 18.9. The number of carbonyl (C=O) groups is 1. The van der Waals surface area contributed by atoms with Gasteiger partial charge in [-0.15, -0.1) is 11.3 Å². The number of hydrogen-bond donors (Lipinski definition) is 2. The van der Waals surface area contributed by atoms with Gasteiger partial charge in [0, 0.05) is 18.1 Å². The molecule has 0 unspecified atom stereocenters. The van der Waals surface area contributed by atoms with Crippen molar-refractivity contribution in [2.24, 2.45) is 0 Å². The number of sulfonamides is 1. The van der Waals surface area contributed by atoms with E-state index in [1.807, 2.05) is 0 Å². The Labute approximate surface area is 159 Å². The van der Waals surface area contributed by atoms with Gasteiger partial charge in [0.25, 0.3) is 15.9 Å². The normalized spacial score (nSPS) is 11.2. The number of anilines is 2. The minimum atomic E-state index is -3.89. The van der Waals surface area contributed by atoms with Gasteiger partial charge in [0.15, 0.2) is 0 Å². The largest absolute Gasteiger partial charge is 0.508 e. The highest BCUT2D eigenvalue weighted by atomic mass is 32.2. The predicted molar refractivity (Wildman–Crippen MR) is 102 cm³/mol. The molecule has 0 aliphatic heterocycles. The maximum Gasteiger partial charge on any atom is 0.265 e. The van der Waals surface area contributed by atoms with Crippen LogP contribution in [0.15, 0.2) is 64.9 Å². The van der Waals surface area contributed by atoms with E-state index in [-0.39, 0.29) is 15.5 Å². The van der Waals surface area contributed by atoms with E-state index < -0.39 is 21.7 Å². The lowest BCUT2D eigenvalue weighted by Gasteiger charge is -2.18. The zero-order valence-electron chi connectivity index (χ0n) is 14.1. The number of nitrogens with one attached hydrogen (secondary N) is 1. The average molecular weight is 406 g/mol. The molecule has 3 rings (SSSR count). The first-order valence-electron chi connectivity index (χ1n) is 7.71. The number of phenols is 1. The molecule has 0 atom stereocenters. The summed E-state index contributed by atoms with van der Waals surface area (Å²) in [4.78, 5) is 12.5. The molecule has 6 nitrogen and oxygen atoms in total. The van der Waals surface area contributed by atoms with Gasteiger partial charge in [-0.3, -0.25) is 9.10 Å². The molecular formula is C18H15FN2O4S2. The maximum atomic E-state index is 13.0. The molecule has 0 saturated carbocycles. The van der Waals surface area contributed by atoms with Crippen LogP contribution in [0.1, 0.15) is 9.67 Å². The highest BCUT2D eigenvalue weighted by Crippen LogP contribution is 2.26. The lowest BCUT2D eigenvalue weighted by atomic mass is 10.3. The fourth-order valence-electron chi connectivity index (χ4n) is 2.26. The van der Waals surface area contributed by atoms with E-state index in [0.717, 1.165) is 15.6 Å². The van der Waals surface area contributed by atoms with Gasteiger partial charge >= 0.3 is 0 Å². The zero-order valence-corrected chi connectivity index (χ0v) is 15.7. The van der Waals surface area contributed by atoms with Crippen LogP contribution in [0.2, 0.25) is 0 Å². The number of halogens is 1. The summed E-state index contributed by atoms with van der Waals surface area (Å²) >= 11 is 0.995. The molecule has 27 heavy (non-hydrogen) atoms. The molecule has 2 aromatic carbocycles. The molecule has 2 N–H and O–H groups in total. The molecule has 0 aliphatic carbocycles. The van der Waals surface area contributed by atoms with E-state index >= 15 is 0 Å². The number of nitrogens with zero attached hydrogens (tertiary/aromatic N) is 1. The van der Waals surface area contributed by atoms with Gasteiger partial charge in [-0.05, 0) is 54.6 Å². The molecule has 9 heteroatoms. The van der Waals surface area contributed by atoms with Crippen molar-refractivity contribution >= 4 is 38.6 Å². The Bertz CT molecular complexity index is 1060. The molecule has 0 saturated heterocycles. The van der Waals surface area contributed by atoms with Crippen molar-refractivity contribution in [2.75, 3.05) is 16.7 Å². The molecule has 0 bridgehead atoms. The van der Waals surface area contributed by atoms with Crippen LogP contribution in [0, 0.1) is 5.82 Å². The Balaban J connectivity index is 1.80. The molecule has 1 heterocycles. The highest BCUT2D eigenvalue weighted by Gasteiger charge is 2.24. The fraction of sp³-hybridized carbons (Fsp3) is 0.0556. The number of amides is 1. The molecule has 0 spiro atoms. The standard InChI is InChI=1S/C18H15FN2O4S2/c1-21(14-6-2-12(19)3-7-14)27(24,25)16-10-17(26-11-16)18(23)20-13-4-8-15(22)9-5-13/h2-11,22H,1H3,(H,20,23). The van der Waals surface area contributed by atoms with Crippen LogP contribution < -0.4 is 9.62 Å². The molecule has 0 radical (unpaired) electrons. The van der Waals surface area contributed by atoms with E-state index in [2.05, 4.69) is 5.32 Å². The van der Waals surface area contributed by atoms with Crippen LogP contribution in [0.25, 0.3) is 0 Å². The number of carbonyl (C=O) groups excluding carboxylic acids is 1. The average Bonchev–Trinajstić information content (AvgIpc) is 3.15. The summed E-state index contributed by atoms with van der Waals surface area (Å²) < 4.78 is 39.5. The summed E-state index contributed by atoms with van der Waals surface area (Å²) in [5.41, 5.74) is 0.775. The first-order valence-corrected chi connectivity index (χ1v) is 10.0. The van der Waals surface area contributed by atoms with Crippen molar-refractivity contribution in [1.29, 1.82) is 0 Å². The van der Waals surface area contributed by atoms with Crippen molar-refractivity contribution in [3.05, 3.63) is 70.7 Å². The summed E-state index contributed by atoms with van der Waals surface area (Å²) in [7, 11) is -2.53. The minimum Gasteiger partial charge on any atom is -0.508 e. The Morgan fingerprint density at radius 2 is 1.74 bits per heavy atom. The van der Waals surface area contributed by atoms with Crippen LogP contribution in [0.5, 0.6) is 5.75 Å². The summed E-state index contributed by atoms with van der Waals surface area (Å²) in [6, 6.07) is 12.3. The van der Waals surface area contributed by atoms with Crippen LogP contribution in [-0.2, 0) is 10.0 Å². The van der Waals surface area contributed by atoms with E-state index in [0.29, 0.717) is 11.4 Å². The Morgan fingerprint density at radius 1 is 1.11 bits per heavy atom. The Kier molecular flexibility index (Phi) is 5.15. The lowest BCUT2D eigenvalue weighted by molar-refractivity contribution is 0.103. The van der Waals surface area contributed by atoms with Gasteiger partial charge in [0.1, 0.15) is 11.6 Å². The van der Waals surface area contributed by atoms with E-state index in [1.54, 1.807) is 0 Å². The van der Waals surface area contributed by atoms with Crippen molar-refractivity contribution < 1.29 is 22.7 Å². The van der Waals surface area contributed by atoms with Crippen molar-refractivity contribution in [3.8, 4) is 5.75 Å². The fourth-order valence-corrected chi connectivity index (χ4v) is 4.61. The van der Waals surface area contributed by atoms with Gasteiger partial charge in [-0.1, -0.05) is 0 Å². The number of thiophene rings is 1. The van der Waals surface area contributed by atoms with Crippen LogP contribution in [0.4, 0.5) is 15.8 Å². The molecule has 1 amide bonds. The Morgan fingerprint density at radius 3 is 2.37 bits per heavy atom. The minimum absolute atomic E-state index is 0.0322. The topological polar surface area (TPSA) is 86.7 Å². The number of aromatic hydroxyl groups is 1. The second-order valence-corrected chi connectivity index (χ2v) is 8.48. The molecule has 140 valence electrons. The monoisotopic (exact) mass is 406 g/mol. The van der Waals surface area contributed by atoms with E-state index in [9.17, 15) is 22.7 Å². The quantitative estimate of drug-likeness (QED) is 0.633. The molecule has 3 aromatic rings. The predicted octanol–water partition coefficient (Wildman–Crippen LogP) is 3.67. The summed E-state index contributed by atoms with van der Waals surface area (Å²) in [6.45, 7) is 0. The summed E-state index contributed by atoms with van der Waals surface area (Å²) in [5, 5.41) is 13.3. The number of phenolic OH excluding ortho intramolecular Hbond substituents is 1. The molecular weight excluding hydrogens is 391 g/mol. The smallest absolute Gasteiger partial charge is 0.265 e.